The molecule has 0 atom stereocenters. The van der Waals surface area contributed by atoms with Gasteiger partial charge in [-0.25, -0.2) is 4.98 Å². The van der Waals surface area contributed by atoms with Gasteiger partial charge in [-0.3, -0.25) is 9.69 Å². The molecule has 1 amide bonds. The Morgan fingerprint density at radius 2 is 1.79 bits per heavy atom. The smallest absolute Gasteiger partial charge is 0.242 e. The Morgan fingerprint density at radius 3 is 2.56 bits per heavy atom. The number of benzene rings is 2. The number of rotatable bonds is 7. The van der Waals surface area contributed by atoms with E-state index in [0.717, 1.165) is 41.3 Å². The first-order valence-electron chi connectivity index (χ1n) is 11.4. The van der Waals surface area contributed by atoms with E-state index in [9.17, 15) is 4.79 Å². The average Bonchev–Trinajstić information content (AvgIpc) is 3.45. The summed E-state index contributed by atoms with van der Waals surface area (Å²) in [6, 6.07) is 16.1. The van der Waals surface area contributed by atoms with Crippen LogP contribution in [0.1, 0.15) is 17.3 Å². The van der Waals surface area contributed by atoms with E-state index in [2.05, 4.69) is 32.8 Å². The third kappa shape index (κ3) is 4.85. The van der Waals surface area contributed by atoms with Crippen molar-refractivity contribution in [3.63, 3.8) is 0 Å². The van der Waals surface area contributed by atoms with Crippen molar-refractivity contribution in [3.8, 4) is 11.4 Å². The van der Waals surface area contributed by atoms with E-state index in [-0.39, 0.29) is 5.91 Å². The number of fused-ring (bicyclic) bond motifs is 1. The first-order valence-corrected chi connectivity index (χ1v) is 12.8. The van der Waals surface area contributed by atoms with Gasteiger partial charge in [0.2, 0.25) is 17.6 Å². The van der Waals surface area contributed by atoms with Crippen LogP contribution in [0.3, 0.4) is 0 Å². The van der Waals surface area contributed by atoms with E-state index >= 15 is 0 Å². The molecule has 0 saturated carbocycles. The van der Waals surface area contributed by atoms with Gasteiger partial charge in [-0.15, -0.1) is 0 Å². The van der Waals surface area contributed by atoms with Crippen LogP contribution in [0, 0.1) is 6.92 Å². The number of amides is 1. The van der Waals surface area contributed by atoms with Gasteiger partial charge in [0.1, 0.15) is 12.4 Å². The maximum atomic E-state index is 13.1. The van der Waals surface area contributed by atoms with Crippen LogP contribution in [0.4, 0.5) is 0 Å². The molecule has 5 rings (SSSR count). The van der Waals surface area contributed by atoms with Crippen LogP contribution in [0.15, 0.2) is 53.1 Å². The topological polar surface area (TPSA) is 80.3 Å². The lowest BCUT2D eigenvalue weighted by Crippen LogP contribution is -2.49. The van der Waals surface area contributed by atoms with Crippen molar-refractivity contribution in [1.29, 1.82) is 0 Å². The van der Waals surface area contributed by atoms with Gasteiger partial charge in [0.05, 0.1) is 23.3 Å². The van der Waals surface area contributed by atoms with Crippen LogP contribution >= 0.6 is 11.8 Å². The van der Waals surface area contributed by atoms with Gasteiger partial charge in [-0.1, -0.05) is 47.1 Å². The number of para-hydroxylation sites is 2. The SMILES string of the molecule is CSCc1nc2ccccc2n1CC(=O)N1CCN(Cc2nc(-c3ccc(C)cc3)no2)CC1. The molecule has 4 aromatic rings. The lowest BCUT2D eigenvalue weighted by Gasteiger charge is -2.34. The molecule has 1 saturated heterocycles. The maximum Gasteiger partial charge on any atom is 0.242 e. The molecule has 0 N–H and O–H groups in total. The summed E-state index contributed by atoms with van der Waals surface area (Å²) < 4.78 is 7.54. The third-order valence-electron chi connectivity index (χ3n) is 6.16. The number of carbonyl (C=O) groups excluding carboxylic acids is 1. The highest BCUT2D eigenvalue weighted by Crippen LogP contribution is 2.20. The predicted molar refractivity (Wildman–Crippen MR) is 133 cm³/mol. The molecule has 1 fully saturated rings. The van der Waals surface area contributed by atoms with E-state index in [4.69, 9.17) is 9.51 Å². The van der Waals surface area contributed by atoms with Gasteiger partial charge in [-0.05, 0) is 25.3 Å². The van der Waals surface area contributed by atoms with Gasteiger partial charge in [0.15, 0.2) is 0 Å². The average molecular weight is 477 g/mol. The second kappa shape index (κ2) is 9.99. The Labute approximate surface area is 202 Å². The molecule has 2 aromatic heterocycles. The van der Waals surface area contributed by atoms with Gasteiger partial charge >= 0.3 is 0 Å². The van der Waals surface area contributed by atoms with Crippen molar-refractivity contribution >= 4 is 28.7 Å². The second-order valence-electron chi connectivity index (χ2n) is 8.57. The van der Waals surface area contributed by atoms with Crippen LogP contribution < -0.4 is 0 Å². The summed E-state index contributed by atoms with van der Waals surface area (Å²) >= 11 is 1.71. The van der Waals surface area contributed by atoms with Gasteiger partial charge < -0.3 is 14.0 Å². The highest BCUT2D eigenvalue weighted by atomic mass is 32.2. The lowest BCUT2D eigenvalue weighted by atomic mass is 10.1. The van der Waals surface area contributed by atoms with Crippen molar-refractivity contribution in [2.24, 2.45) is 0 Å². The van der Waals surface area contributed by atoms with Crippen molar-refractivity contribution in [3.05, 3.63) is 65.8 Å². The second-order valence-corrected chi connectivity index (χ2v) is 9.44. The highest BCUT2D eigenvalue weighted by molar-refractivity contribution is 7.97. The fourth-order valence-electron chi connectivity index (χ4n) is 4.26. The largest absolute Gasteiger partial charge is 0.339 e. The maximum absolute atomic E-state index is 13.1. The number of aryl methyl sites for hydroxylation is 1. The fraction of sp³-hybridized carbons (Fsp3) is 0.360. The predicted octanol–water partition coefficient (Wildman–Crippen LogP) is 3.60. The summed E-state index contributed by atoms with van der Waals surface area (Å²) in [5.74, 6) is 3.07. The first kappa shape index (κ1) is 22.6. The number of carbonyl (C=O) groups is 1. The van der Waals surface area contributed by atoms with E-state index < -0.39 is 0 Å². The summed E-state index contributed by atoms with van der Waals surface area (Å²) in [5, 5.41) is 4.13. The van der Waals surface area contributed by atoms with Crippen LogP contribution in [-0.4, -0.2) is 67.8 Å². The Bertz CT molecular complexity index is 1270. The Morgan fingerprint density at radius 1 is 1.03 bits per heavy atom. The third-order valence-corrected chi connectivity index (χ3v) is 6.71. The molecule has 0 spiro atoms. The Hall–Kier alpha value is -3.17. The van der Waals surface area contributed by atoms with Crippen LogP contribution in [0.2, 0.25) is 0 Å². The Balaban J connectivity index is 1.18. The summed E-state index contributed by atoms with van der Waals surface area (Å²) in [6.07, 6.45) is 2.05. The summed E-state index contributed by atoms with van der Waals surface area (Å²) in [4.78, 5) is 26.6. The van der Waals surface area contributed by atoms with E-state index in [1.165, 1.54) is 5.56 Å². The van der Waals surface area contributed by atoms with Crippen molar-refractivity contribution in [2.75, 3.05) is 32.4 Å². The Kier molecular flexibility index (Phi) is 6.64. The molecule has 176 valence electrons. The van der Waals surface area contributed by atoms with Crippen molar-refractivity contribution < 1.29 is 9.32 Å². The van der Waals surface area contributed by atoms with Crippen molar-refractivity contribution in [1.82, 2.24) is 29.5 Å². The van der Waals surface area contributed by atoms with Crippen LogP contribution in [0.5, 0.6) is 0 Å². The van der Waals surface area contributed by atoms with Crippen molar-refractivity contribution in [2.45, 2.75) is 25.8 Å². The summed E-state index contributed by atoms with van der Waals surface area (Å²) in [5.41, 5.74) is 4.10. The molecule has 0 radical (unpaired) electrons. The molecular weight excluding hydrogens is 448 g/mol. The standard InChI is InChI=1S/C25H28N6O2S/c1-18-7-9-19(10-8-18)25-27-23(33-28-25)15-29-11-13-30(14-12-29)24(32)16-31-21-6-4-3-5-20(21)26-22(31)17-34-2/h3-10H,11-17H2,1-2H3. The molecule has 1 aliphatic heterocycles. The normalized spacial score (nSPS) is 14.7. The van der Waals surface area contributed by atoms with E-state index in [0.29, 0.717) is 37.9 Å². The molecule has 2 aromatic carbocycles. The van der Waals surface area contributed by atoms with E-state index in [1.807, 2.05) is 53.4 Å². The van der Waals surface area contributed by atoms with E-state index in [1.54, 1.807) is 11.8 Å². The molecule has 1 aliphatic rings. The number of hydrogen-bond donors (Lipinski definition) is 0. The molecule has 34 heavy (non-hydrogen) atoms. The molecule has 8 nitrogen and oxygen atoms in total. The highest BCUT2D eigenvalue weighted by Gasteiger charge is 2.24. The zero-order valence-corrected chi connectivity index (χ0v) is 20.3. The molecule has 0 aliphatic carbocycles. The van der Waals surface area contributed by atoms with Gasteiger partial charge in [-0.2, -0.15) is 16.7 Å². The number of nitrogens with zero attached hydrogens (tertiary/aromatic N) is 6. The summed E-state index contributed by atoms with van der Waals surface area (Å²) in [7, 11) is 0. The lowest BCUT2D eigenvalue weighted by molar-refractivity contribution is -0.133. The van der Waals surface area contributed by atoms with Crippen LogP contribution in [0.25, 0.3) is 22.4 Å². The van der Waals surface area contributed by atoms with Gasteiger partial charge in [0, 0.05) is 31.7 Å². The zero-order chi connectivity index (χ0) is 23.5. The number of piperazine rings is 1. The van der Waals surface area contributed by atoms with Crippen LogP contribution in [-0.2, 0) is 23.6 Å². The van der Waals surface area contributed by atoms with Gasteiger partial charge in [0.25, 0.3) is 0 Å². The number of aromatic nitrogens is 4. The first-order chi connectivity index (χ1) is 16.6. The minimum Gasteiger partial charge on any atom is -0.339 e. The number of imidazole rings is 1. The number of thioether (sulfide) groups is 1. The zero-order valence-electron chi connectivity index (χ0n) is 19.5. The minimum atomic E-state index is 0.129. The molecular formula is C25H28N6O2S. The molecule has 0 bridgehead atoms. The quantitative estimate of drug-likeness (QED) is 0.403. The minimum absolute atomic E-state index is 0.129. The molecule has 9 heteroatoms. The number of hydrogen-bond acceptors (Lipinski definition) is 7. The molecule has 3 heterocycles. The monoisotopic (exact) mass is 476 g/mol. The summed E-state index contributed by atoms with van der Waals surface area (Å²) in [6.45, 7) is 5.87. The fourth-order valence-corrected chi connectivity index (χ4v) is 4.74. The molecule has 0 unspecified atom stereocenters.